The van der Waals surface area contributed by atoms with Gasteiger partial charge in [-0.1, -0.05) is 13.8 Å². The van der Waals surface area contributed by atoms with Crippen LogP contribution in [0, 0.1) is 17.3 Å². The monoisotopic (exact) mass is 318 g/mol. The van der Waals surface area contributed by atoms with Crippen LogP contribution < -0.4 is 0 Å². The van der Waals surface area contributed by atoms with E-state index in [0.29, 0.717) is 12.8 Å². The minimum Gasteiger partial charge on any atom is -0.299 e. The fourth-order valence-electron chi connectivity index (χ4n) is 3.94. The predicted octanol–water partition coefficient (Wildman–Crippen LogP) is 3.87. The fourth-order valence-corrected chi connectivity index (χ4v) is 4.13. The summed E-state index contributed by atoms with van der Waals surface area (Å²) in [7, 11) is 0. The van der Waals surface area contributed by atoms with Crippen LogP contribution in [0.4, 0.5) is 13.2 Å². The van der Waals surface area contributed by atoms with E-state index in [1.165, 1.54) is 0 Å². The Bertz CT molecular complexity index is 615. The lowest BCUT2D eigenvalue weighted by Gasteiger charge is -2.25. The van der Waals surface area contributed by atoms with Gasteiger partial charge in [0, 0.05) is 24.0 Å². The van der Waals surface area contributed by atoms with Gasteiger partial charge in [-0.05, 0) is 35.4 Å². The Labute approximate surface area is 124 Å². The molecule has 3 nitrogen and oxygen atoms in total. The van der Waals surface area contributed by atoms with E-state index in [4.69, 9.17) is 11.6 Å². The molecular weight excluding hydrogens is 305 g/mol. The summed E-state index contributed by atoms with van der Waals surface area (Å²) in [6, 6.07) is 0.931. The first kappa shape index (κ1) is 14.8. The van der Waals surface area contributed by atoms with Crippen molar-refractivity contribution < 1.29 is 18.0 Å². The fraction of sp³-hybridized carbons (Fsp3) is 0.643. The number of hydrogen-bond acceptors (Lipinski definition) is 3. The summed E-state index contributed by atoms with van der Waals surface area (Å²) in [4.78, 5) is 19.3. The molecule has 2 bridgehead atoms. The molecule has 2 unspecified atom stereocenters. The van der Waals surface area contributed by atoms with E-state index in [2.05, 4.69) is 9.97 Å². The van der Waals surface area contributed by atoms with Crippen molar-refractivity contribution in [3.8, 4) is 0 Å². The van der Waals surface area contributed by atoms with Crippen LogP contribution in [0.3, 0.4) is 0 Å². The SMILES string of the molecule is CC1(C)C2CC(=O)C1[C@H](c1cc(C(F)(F)F)nc(Cl)n1)C2. The summed E-state index contributed by atoms with van der Waals surface area (Å²) in [6.07, 6.45) is -3.38. The standard InChI is InChI=1S/C14H14ClF3N2O/c1-13(2)6-3-7(11(13)9(21)4-6)8-5-10(14(16,17)18)20-12(15)19-8/h5-7,11H,3-4H2,1-2H3/t6?,7-,11?/m0/s1. The highest BCUT2D eigenvalue weighted by molar-refractivity contribution is 6.28. The number of halogens is 4. The van der Waals surface area contributed by atoms with Gasteiger partial charge in [-0.3, -0.25) is 4.79 Å². The van der Waals surface area contributed by atoms with Gasteiger partial charge in [-0.2, -0.15) is 13.2 Å². The second-order valence-electron chi connectivity index (χ2n) is 6.45. The maximum absolute atomic E-state index is 12.8. The highest BCUT2D eigenvalue weighted by Gasteiger charge is 2.58. The topological polar surface area (TPSA) is 42.9 Å². The van der Waals surface area contributed by atoms with Gasteiger partial charge in [0.25, 0.3) is 0 Å². The summed E-state index contributed by atoms with van der Waals surface area (Å²) in [5, 5.41) is -0.423. The van der Waals surface area contributed by atoms with Crippen LogP contribution in [0.5, 0.6) is 0 Å². The zero-order chi connectivity index (χ0) is 15.6. The number of carbonyl (C=O) groups is 1. The quantitative estimate of drug-likeness (QED) is 0.738. The summed E-state index contributed by atoms with van der Waals surface area (Å²) < 4.78 is 38.5. The van der Waals surface area contributed by atoms with Crippen LogP contribution in [-0.2, 0) is 11.0 Å². The molecule has 3 atom stereocenters. The zero-order valence-electron chi connectivity index (χ0n) is 11.5. The molecule has 1 aromatic rings. The highest BCUT2D eigenvalue weighted by Crippen LogP contribution is 2.61. The molecule has 0 saturated heterocycles. The van der Waals surface area contributed by atoms with Crippen molar-refractivity contribution in [2.24, 2.45) is 17.3 Å². The summed E-state index contributed by atoms with van der Waals surface area (Å²) in [6.45, 7) is 4.00. The number of hydrogen-bond donors (Lipinski definition) is 0. The molecule has 1 heterocycles. The second-order valence-corrected chi connectivity index (χ2v) is 6.79. The average molecular weight is 319 g/mol. The summed E-state index contributed by atoms with van der Waals surface area (Å²) in [5.41, 5.74) is -1.01. The van der Waals surface area contributed by atoms with Gasteiger partial charge in [0.05, 0.1) is 0 Å². The summed E-state index contributed by atoms with van der Waals surface area (Å²) >= 11 is 5.64. The third-order valence-corrected chi connectivity index (χ3v) is 5.15. The molecule has 3 rings (SSSR count). The lowest BCUT2D eigenvalue weighted by molar-refractivity contribution is -0.141. The average Bonchev–Trinajstić information content (AvgIpc) is 2.72. The molecule has 0 spiro atoms. The second kappa shape index (κ2) is 4.41. The molecule has 7 heteroatoms. The number of ketones is 1. The maximum atomic E-state index is 12.8. The van der Waals surface area contributed by atoms with Gasteiger partial charge < -0.3 is 0 Å². The third kappa shape index (κ3) is 2.24. The van der Waals surface area contributed by atoms with Crippen LogP contribution in [0.1, 0.15) is 44.0 Å². The molecule has 0 amide bonds. The van der Waals surface area contributed by atoms with Crippen molar-refractivity contribution >= 4 is 17.4 Å². The molecule has 0 radical (unpaired) electrons. The maximum Gasteiger partial charge on any atom is 0.433 e. The predicted molar refractivity (Wildman–Crippen MR) is 69.8 cm³/mol. The van der Waals surface area contributed by atoms with E-state index in [1.54, 1.807) is 0 Å². The largest absolute Gasteiger partial charge is 0.433 e. The highest BCUT2D eigenvalue weighted by atomic mass is 35.5. The van der Waals surface area contributed by atoms with Crippen LogP contribution in [0.15, 0.2) is 6.07 Å². The minimum atomic E-state index is -4.57. The Hall–Kier alpha value is -1.17. The summed E-state index contributed by atoms with van der Waals surface area (Å²) in [5.74, 6) is -0.268. The first-order valence-electron chi connectivity index (χ1n) is 6.75. The molecule has 114 valence electrons. The van der Waals surface area contributed by atoms with Gasteiger partial charge in [-0.15, -0.1) is 0 Å². The smallest absolute Gasteiger partial charge is 0.299 e. The number of nitrogens with zero attached hydrogens (tertiary/aromatic N) is 2. The first-order chi connectivity index (χ1) is 9.60. The molecule has 2 fully saturated rings. The molecule has 0 N–H and O–H groups in total. The van der Waals surface area contributed by atoms with Crippen molar-refractivity contribution in [3.63, 3.8) is 0 Å². The molecule has 0 aromatic carbocycles. The van der Waals surface area contributed by atoms with Gasteiger partial charge in [0.1, 0.15) is 11.5 Å². The van der Waals surface area contributed by atoms with Crippen molar-refractivity contribution in [1.82, 2.24) is 9.97 Å². The van der Waals surface area contributed by atoms with E-state index >= 15 is 0 Å². The molecule has 2 aliphatic rings. The van der Waals surface area contributed by atoms with Crippen LogP contribution >= 0.6 is 11.6 Å². The van der Waals surface area contributed by atoms with Gasteiger partial charge >= 0.3 is 6.18 Å². The molecule has 2 saturated carbocycles. The van der Waals surface area contributed by atoms with E-state index < -0.39 is 17.2 Å². The number of fused-ring (bicyclic) bond motifs is 2. The number of rotatable bonds is 1. The number of Topliss-reactive ketones (excluding diaryl/α,β-unsaturated/α-hetero) is 1. The molecule has 1 aromatic heterocycles. The normalized spacial score (nSPS) is 31.0. The van der Waals surface area contributed by atoms with Crippen molar-refractivity contribution in [2.45, 2.75) is 38.8 Å². The van der Waals surface area contributed by atoms with Gasteiger partial charge in [-0.25, -0.2) is 9.97 Å². The minimum absolute atomic E-state index is 0.115. The number of aromatic nitrogens is 2. The third-order valence-electron chi connectivity index (χ3n) is 4.98. The Morgan fingerprint density at radius 1 is 1.33 bits per heavy atom. The Morgan fingerprint density at radius 2 is 2.00 bits per heavy atom. The Balaban J connectivity index is 2.03. The molecular formula is C14H14ClF3N2O. The van der Waals surface area contributed by atoms with Gasteiger partial charge in [0.2, 0.25) is 5.28 Å². The van der Waals surface area contributed by atoms with Crippen molar-refractivity contribution in [3.05, 3.63) is 22.7 Å². The Kier molecular flexibility index (Phi) is 3.10. The first-order valence-corrected chi connectivity index (χ1v) is 7.13. The van der Waals surface area contributed by atoms with E-state index in [0.717, 1.165) is 6.07 Å². The molecule has 2 aliphatic carbocycles. The van der Waals surface area contributed by atoms with Gasteiger partial charge in [0.15, 0.2) is 0 Å². The van der Waals surface area contributed by atoms with E-state index in [-0.39, 0.29) is 34.6 Å². The van der Waals surface area contributed by atoms with Crippen molar-refractivity contribution in [2.75, 3.05) is 0 Å². The number of alkyl halides is 3. The van der Waals surface area contributed by atoms with Crippen LogP contribution in [-0.4, -0.2) is 15.8 Å². The zero-order valence-corrected chi connectivity index (χ0v) is 12.3. The number of carbonyl (C=O) groups excluding carboxylic acids is 1. The van der Waals surface area contributed by atoms with E-state index in [9.17, 15) is 18.0 Å². The lowest BCUT2D eigenvalue weighted by atomic mass is 9.78. The lowest BCUT2D eigenvalue weighted by Crippen LogP contribution is -2.25. The Morgan fingerprint density at radius 3 is 2.52 bits per heavy atom. The molecule has 0 aliphatic heterocycles. The van der Waals surface area contributed by atoms with Crippen LogP contribution in [0.2, 0.25) is 5.28 Å². The van der Waals surface area contributed by atoms with Crippen molar-refractivity contribution in [1.29, 1.82) is 0 Å². The van der Waals surface area contributed by atoms with Crippen LogP contribution in [0.25, 0.3) is 0 Å². The molecule has 21 heavy (non-hydrogen) atoms. The van der Waals surface area contributed by atoms with E-state index in [1.807, 2.05) is 13.8 Å².